The number of nitrogens with one attached hydrogen (secondary N) is 1. The fourth-order valence-electron chi connectivity index (χ4n) is 2.59. The van der Waals surface area contributed by atoms with E-state index in [-0.39, 0.29) is 0 Å². The summed E-state index contributed by atoms with van der Waals surface area (Å²) < 4.78 is 5.31. The number of hydrogen-bond acceptors (Lipinski definition) is 3. The standard InChI is InChI=1S/C13H22N2O/c14-10-11-4-1-2-6-13(11)15-8-7-12-5-3-9-16-12/h3,5,9,11,13,15H,1-2,4,6-8,10,14H2. The average molecular weight is 222 g/mol. The quantitative estimate of drug-likeness (QED) is 0.800. The molecule has 3 heteroatoms. The third kappa shape index (κ3) is 3.09. The molecule has 3 nitrogen and oxygen atoms in total. The third-order valence-corrected chi connectivity index (χ3v) is 3.57. The van der Waals surface area contributed by atoms with Gasteiger partial charge in [0.2, 0.25) is 0 Å². The van der Waals surface area contributed by atoms with Crippen molar-refractivity contribution in [3.63, 3.8) is 0 Å². The van der Waals surface area contributed by atoms with Crippen LogP contribution in [0.1, 0.15) is 31.4 Å². The molecule has 1 aliphatic carbocycles. The zero-order valence-corrected chi connectivity index (χ0v) is 9.82. The predicted octanol–water partition coefficient (Wildman–Crippen LogP) is 1.93. The zero-order chi connectivity index (χ0) is 11.2. The molecule has 0 aromatic carbocycles. The van der Waals surface area contributed by atoms with Crippen molar-refractivity contribution in [2.24, 2.45) is 11.7 Å². The molecule has 1 saturated carbocycles. The molecule has 0 aliphatic heterocycles. The maximum atomic E-state index is 5.80. The van der Waals surface area contributed by atoms with Crippen LogP contribution in [0.2, 0.25) is 0 Å². The topological polar surface area (TPSA) is 51.2 Å². The first-order chi connectivity index (χ1) is 7.90. The second-order valence-electron chi connectivity index (χ2n) is 4.67. The van der Waals surface area contributed by atoms with E-state index in [0.29, 0.717) is 12.0 Å². The lowest BCUT2D eigenvalue weighted by Gasteiger charge is -2.31. The summed E-state index contributed by atoms with van der Waals surface area (Å²) in [5.74, 6) is 1.73. The van der Waals surface area contributed by atoms with Gasteiger partial charge in [0.25, 0.3) is 0 Å². The first-order valence-electron chi connectivity index (χ1n) is 6.36. The summed E-state index contributed by atoms with van der Waals surface area (Å²) in [5.41, 5.74) is 5.80. The van der Waals surface area contributed by atoms with Gasteiger partial charge in [-0.15, -0.1) is 0 Å². The van der Waals surface area contributed by atoms with Crippen LogP contribution in [-0.2, 0) is 6.42 Å². The van der Waals surface area contributed by atoms with Crippen LogP contribution in [0.15, 0.2) is 22.8 Å². The highest BCUT2D eigenvalue weighted by atomic mass is 16.3. The molecule has 0 spiro atoms. The number of furan rings is 1. The monoisotopic (exact) mass is 222 g/mol. The Morgan fingerprint density at radius 1 is 1.38 bits per heavy atom. The molecule has 0 saturated heterocycles. The molecule has 90 valence electrons. The largest absolute Gasteiger partial charge is 0.469 e. The predicted molar refractivity (Wildman–Crippen MR) is 65.2 cm³/mol. The van der Waals surface area contributed by atoms with Crippen LogP contribution in [0.25, 0.3) is 0 Å². The van der Waals surface area contributed by atoms with Gasteiger partial charge in [-0.05, 0) is 37.4 Å². The van der Waals surface area contributed by atoms with E-state index < -0.39 is 0 Å². The van der Waals surface area contributed by atoms with Crippen LogP contribution in [-0.4, -0.2) is 19.1 Å². The maximum absolute atomic E-state index is 5.80. The molecule has 1 fully saturated rings. The summed E-state index contributed by atoms with van der Waals surface area (Å²) in [5, 5.41) is 3.62. The molecule has 0 radical (unpaired) electrons. The van der Waals surface area contributed by atoms with Crippen LogP contribution in [0, 0.1) is 5.92 Å². The fourth-order valence-corrected chi connectivity index (χ4v) is 2.59. The van der Waals surface area contributed by atoms with E-state index in [2.05, 4.69) is 5.32 Å². The number of nitrogens with two attached hydrogens (primary N) is 1. The van der Waals surface area contributed by atoms with E-state index >= 15 is 0 Å². The van der Waals surface area contributed by atoms with Gasteiger partial charge >= 0.3 is 0 Å². The first kappa shape index (κ1) is 11.7. The second kappa shape index (κ2) is 6.06. The molecule has 2 unspecified atom stereocenters. The van der Waals surface area contributed by atoms with Gasteiger partial charge in [0, 0.05) is 19.0 Å². The van der Waals surface area contributed by atoms with E-state index in [0.717, 1.165) is 25.3 Å². The van der Waals surface area contributed by atoms with Crippen molar-refractivity contribution in [3.8, 4) is 0 Å². The van der Waals surface area contributed by atoms with Gasteiger partial charge in [-0.1, -0.05) is 12.8 Å². The van der Waals surface area contributed by atoms with Crippen molar-refractivity contribution in [2.45, 2.75) is 38.1 Å². The minimum atomic E-state index is 0.619. The first-order valence-corrected chi connectivity index (χ1v) is 6.36. The van der Waals surface area contributed by atoms with Gasteiger partial charge in [-0.3, -0.25) is 0 Å². The Labute approximate surface area is 97.4 Å². The van der Waals surface area contributed by atoms with Crippen LogP contribution in [0.3, 0.4) is 0 Å². The van der Waals surface area contributed by atoms with Crippen molar-refractivity contribution in [2.75, 3.05) is 13.1 Å². The Hall–Kier alpha value is -0.800. The Morgan fingerprint density at radius 2 is 2.25 bits per heavy atom. The highest BCUT2D eigenvalue weighted by molar-refractivity contribution is 4.98. The zero-order valence-electron chi connectivity index (χ0n) is 9.82. The summed E-state index contributed by atoms with van der Waals surface area (Å²) in [7, 11) is 0. The Kier molecular flexibility index (Phi) is 4.43. The molecule has 16 heavy (non-hydrogen) atoms. The minimum absolute atomic E-state index is 0.619. The third-order valence-electron chi connectivity index (χ3n) is 3.57. The molecule has 1 heterocycles. The number of rotatable bonds is 5. The van der Waals surface area contributed by atoms with Crippen LogP contribution < -0.4 is 11.1 Å². The molecule has 2 atom stereocenters. The summed E-state index contributed by atoms with van der Waals surface area (Å²) in [4.78, 5) is 0. The van der Waals surface area contributed by atoms with Gasteiger partial charge in [0.15, 0.2) is 0 Å². The van der Waals surface area contributed by atoms with Crippen LogP contribution >= 0.6 is 0 Å². The van der Waals surface area contributed by atoms with Gasteiger partial charge in [0.1, 0.15) is 5.76 Å². The van der Waals surface area contributed by atoms with E-state index in [4.69, 9.17) is 10.2 Å². The SMILES string of the molecule is NCC1CCCCC1NCCc1ccco1. The van der Waals surface area contributed by atoms with Gasteiger partial charge in [-0.2, -0.15) is 0 Å². The summed E-state index contributed by atoms with van der Waals surface area (Å²) in [6, 6.07) is 4.59. The van der Waals surface area contributed by atoms with Crippen molar-refractivity contribution in [3.05, 3.63) is 24.2 Å². The molecule has 1 aliphatic rings. The molecular weight excluding hydrogens is 200 g/mol. The Morgan fingerprint density at radius 3 is 3.00 bits per heavy atom. The van der Waals surface area contributed by atoms with Gasteiger partial charge in [-0.25, -0.2) is 0 Å². The van der Waals surface area contributed by atoms with Gasteiger partial charge < -0.3 is 15.5 Å². The minimum Gasteiger partial charge on any atom is -0.469 e. The highest BCUT2D eigenvalue weighted by Gasteiger charge is 2.22. The average Bonchev–Trinajstić information content (AvgIpc) is 2.83. The normalized spacial score (nSPS) is 25.8. The lowest BCUT2D eigenvalue weighted by atomic mass is 9.84. The molecule has 0 amide bonds. The Bertz CT molecular complexity index is 284. The lowest BCUT2D eigenvalue weighted by molar-refractivity contribution is 0.268. The summed E-state index contributed by atoms with van der Waals surface area (Å²) in [6.07, 6.45) is 7.96. The molecule has 2 rings (SSSR count). The van der Waals surface area contributed by atoms with E-state index in [1.807, 2.05) is 12.1 Å². The summed E-state index contributed by atoms with van der Waals surface area (Å²) >= 11 is 0. The van der Waals surface area contributed by atoms with Crippen molar-refractivity contribution in [1.82, 2.24) is 5.32 Å². The van der Waals surface area contributed by atoms with Crippen molar-refractivity contribution < 1.29 is 4.42 Å². The smallest absolute Gasteiger partial charge is 0.105 e. The van der Waals surface area contributed by atoms with E-state index in [1.165, 1.54) is 25.7 Å². The Balaban J connectivity index is 1.71. The van der Waals surface area contributed by atoms with Crippen LogP contribution in [0.4, 0.5) is 0 Å². The van der Waals surface area contributed by atoms with Crippen LogP contribution in [0.5, 0.6) is 0 Å². The number of hydrogen-bond donors (Lipinski definition) is 2. The molecular formula is C13H22N2O. The molecule has 3 N–H and O–H groups in total. The van der Waals surface area contributed by atoms with E-state index in [9.17, 15) is 0 Å². The lowest BCUT2D eigenvalue weighted by Crippen LogP contribution is -2.42. The second-order valence-corrected chi connectivity index (χ2v) is 4.67. The molecule has 0 bridgehead atoms. The van der Waals surface area contributed by atoms with Crippen molar-refractivity contribution in [1.29, 1.82) is 0 Å². The fraction of sp³-hybridized carbons (Fsp3) is 0.692. The van der Waals surface area contributed by atoms with Crippen molar-refractivity contribution >= 4 is 0 Å². The molecule has 1 aromatic heterocycles. The maximum Gasteiger partial charge on any atom is 0.105 e. The highest BCUT2D eigenvalue weighted by Crippen LogP contribution is 2.23. The summed E-state index contributed by atoms with van der Waals surface area (Å²) in [6.45, 7) is 1.81. The molecule has 1 aromatic rings. The van der Waals surface area contributed by atoms with E-state index in [1.54, 1.807) is 6.26 Å². The van der Waals surface area contributed by atoms with Gasteiger partial charge in [0.05, 0.1) is 6.26 Å².